The van der Waals surface area contributed by atoms with Gasteiger partial charge in [0.05, 0.1) is 0 Å². The third-order valence-electron chi connectivity index (χ3n) is 3.45. The van der Waals surface area contributed by atoms with Gasteiger partial charge in [0.25, 0.3) is 0 Å². The van der Waals surface area contributed by atoms with Gasteiger partial charge in [-0.15, -0.1) is 0 Å². The van der Waals surface area contributed by atoms with Crippen LogP contribution in [0.25, 0.3) is 0 Å². The second-order valence-electron chi connectivity index (χ2n) is 4.78. The molecule has 82 valence electrons. The van der Waals surface area contributed by atoms with Crippen LogP contribution in [-0.4, -0.2) is 6.54 Å². The Morgan fingerprint density at radius 1 is 1.33 bits per heavy atom. The number of hydrogen-bond acceptors (Lipinski definition) is 1. The summed E-state index contributed by atoms with van der Waals surface area (Å²) in [6, 6.07) is 4.51. The van der Waals surface area contributed by atoms with Gasteiger partial charge in [-0.2, -0.15) is 0 Å². The van der Waals surface area contributed by atoms with E-state index < -0.39 is 0 Å². The molecule has 2 rings (SSSR count). The maximum absolute atomic E-state index is 3.64. The smallest absolute Gasteiger partial charge is 0.0409 e. The van der Waals surface area contributed by atoms with Crippen molar-refractivity contribution in [3.8, 4) is 0 Å². The summed E-state index contributed by atoms with van der Waals surface area (Å²) in [6.07, 6.45) is 2.52. The molecule has 0 radical (unpaired) electrons. The van der Waals surface area contributed by atoms with Gasteiger partial charge in [-0.3, -0.25) is 0 Å². The van der Waals surface area contributed by atoms with Crippen molar-refractivity contribution in [2.24, 2.45) is 0 Å². The van der Waals surface area contributed by atoms with Crippen LogP contribution in [0, 0.1) is 13.8 Å². The van der Waals surface area contributed by atoms with Gasteiger partial charge in [0.1, 0.15) is 0 Å². The maximum Gasteiger partial charge on any atom is 0.0409 e. The molecule has 1 aromatic carbocycles. The number of benzene rings is 1. The van der Waals surface area contributed by atoms with Crippen LogP contribution >= 0.6 is 15.9 Å². The Hall–Kier alpha value is -0.340. The molecule has 0 bridgehead atoms. The van der Waals surface area contributed by atoms with E-state index in [0.29, 0.717) is 0 Å². The van der Waals surface area contributed by atoms with Gasteiger partial charge in [-0.1, -0.05) is 22.0 Å². The standard InChI is InChI=1S/C13H18BrN/c1-9-7-11(10(2)12(14)8-9)13(3)5-4-6-15-13/h7-8,15H,4-6H2,1-3H3. The summed E-state index contributed by atoms with van der Waals surface area (Å²) in [5, 5.41) is 3.62. The highest BCUT2D eigenvalue weighted by atomic mass is 79.9. The van der Waals surface area contributed by atoms with Crippen LogP contribution in [0.3, 0.4) is 0 Å². The van der Waals surface area contributed by atoms with E-state index in [1.807, 2.05) is 0 Å². The summed E-state index contributed by atoms with van der Waals surface area (Å²) in [4.78, 5) is 0. The fraction of sp³-hybridized carbons (Fsp3) is 0.538. The monoisotopic (exact) mass is 267 g/mol. The molecule has 1 aromatic rings. The molecule has 1 heterocycles. The first-order valence-corrected chi connectivity index (χ1v) is 6.34. The molecular weight excluding hydrogens is 250 g/mol. The molecule has 1 fully saturated rings. The zero-order valence-corrected chi connectivity index (χ0v) is 11.2. The fourth-order valence-electron chi connectivity index (χ4n) is 2.51. The largest absolute Gasteiger partial charge is 0.308 e. The van der Waals surface area contributed by atoms with E-state index in [2.05, 4.69) is 54.2 Å². The van der Waals surface area contributed by atoms with Crippen molar-refractivity contribution in [2.45, 2.75) is 39.2 Å². The molecule has 1 N–H and O–H groups in total. The lowest BCUT2D eigenvalue weighted by molar-refractivity contribution is 0.432. The zero-order valence-electron chi connectivity index (χ0n) is 9.65. The summed E-state index contributed by atoms with van der Waals surface area (Å²) < 4.78 is 1.23. The normalized spacial score (nSPS) is 25.9. The average Bonchev–Trinajstić information content (AvgIpc) is 2.59. The molecule has 0 aliphatic carbocycles. The minimum absolute atomic E-state index is 0.179. The molecule has 0 amide bonds. The maximum atomic E-state index is 3.64. The Balaban J connectivity index is 2.51. The number of halogens is 1. The molecule has 1 aliphatic heterocycles. The molecule has 1 nitrogen and oxygen atoms in total. The number of rotatable bonds is 1. The molecule has 2 heteroatoms. The van der Waals surface area contributed by atoms with Crippen LogP contribution < -0.4 is 5.32 Å². The lowest BCUT2D eigenvalue weighted by Crippen LogP contribution is -2.34. The van der Waals surface area contributed by atoms with Crippen LogP contribution in [0.4, 0.5) is 0 Å². The van der Waals surface area contributed by atoms with Gasteiger partial charge in [0.2, 0.25) is 0 Å². The van der Waals surface area contributed by atoms with Crippen LogP contribution in [0.5, 0.6) is 0 Å². The van der Waals surface area contributed by atoms with Crippen LogP contribution in [0.2, 0.25) is 0 Å². The van der Waals surface area contributed by atoms with E-state index in [1.54, 1.807) is 0 Å². The quantitative estimate of drug-likeness (QED) is 0.819. The van der Waals surface area contributed by atoms with E-state index in [0.717, 1.165) is 6.54 Å². The van der Waals surface area contributed by atoms with Crippen LogP contribution in [0.15, 0.2) is 16.6 Å². The number of nitrogens with one attached hydrogen (secondary N) is 1. The Morgan fingerprint density at radius 2 is 2.07 bits per heavy atom. The Labute approximate surface area is 100 Å². The number of hydrogen-bond donors (Lipinski definition) is 1. The van der Waals surface area contributed by atoms with E-state index in [1.165, 1.54) is 34.0 Å². The first-order chi connectivity index (χ1) is 7.03. The van der Waals surface area contributed by atoms with Crippen molar-refractivity contribution < 1.29 is 0 Å². The van der Waals surface area contributed by atoms with Crippen LogP contribution in [0.1, 0.15) is 36.5 Å². The highest BCUT2D eigenvalue weighted by Crippen LogP contribution is 2.35. The first-order valence-electron chi connectivity index (χ1n) is 5.55. The van der Waals surface area contributed by atoms with E-state index in [4.69, 9.17) is 0 Å². The van der Waals surface area contributed by atoms with E-state index in [-0.39, 0.29) is 5.54 Å². The fourth-order valence-corrected chi connectivity index (χ4v) is 3.09. The highest BCUT2D eigenvalue weighted by Gasteiger charge is 2.31. The molecule has 15 heavy (non-hydrogen) atoms. The molecule has 0 saturated carbocycles. The van der Waals surface area contributed by atoms with Crippen molar-refractivity contribution in [1.29, 1.82) is 0 Å². The predicted octanol–water partition coefficient (Wildman–Crippen LogP) is 3.66. The van der Waals surface area contributed by atoms with E-state index in [9.17, 15) is 0 Å². The van der Waals surface area contributed by atoms with Gasteiger partial charge in [0.15, 0.2) is 0 Å². The lowest BCUT2D eigenvalue weighted by Gasteiger charge is -2.28. The van der Waals surface area contributed by atoms with Crippen LogP contribution in [-0.2, 0) is 5.54 Å². The summed E-state index contributed by atoms with van der Waals surface area (Å²) in [5.74, 6) is 0. The minimum atomic E-state index is 0.179. The second-order valence-corrected chi connectivity index (χ2v) is 5.64. The Bertz CT molecular complexity index is 378. The zero-order chi connectivity index (χ0) is 11.1. The van der Waals surface area contributed by atoms with Crippen molar-refractivity contribution in [3.63, 3.8) is 0 Å². The molecule has 1 unspecified atom stereocenters. The SMILES string of the molecule is Cc1cc(Br)c(C)c(C2(C)CCCN2)c1. The van der Waals surface area contributed by atoms with Crippen molar-refractivity contribution >= 4 is 15.9 Å². The minimum Gasteiger partial charge on any atom is -0.308 e. The van der Waals surface area contributed by atoms with Crippen molar-refractivity contribution in [3.05, 3.63) is 33.3 Å². The van der Waals surface area contributed by atoms with E-state index >= 15 is 0 Å². The summed E-state index contributed by atoms with van der Waals surface area (Å²) in [7, 11) is 0. The predicted molar refractivity (Wildman–Crippen MR) is 68.2 cm³/mol. The molecule has 0 spiro atoms. The molecule has 1 saturated heterocycles. The van der Waals surface area contributed by atoms with Gasteiger partial charge in [0, 0.05) is 10.0 Å². The lowest BCUT2D eigenvalue weighted by atomic mass is 9.86. The highest BCUT2D eigenvalue weighted by molar-refractivity contribution is 9.10. The second kappa shape index (κ2) is 3.91. The third-order valence-corrected chi connectivity index (χ3v) is 4.28. The first kappa shape index (κ1) is 11.2. The summed E-state index contributed by atoms with van der Waals surface area (Å²) in [6.45, 7) is 7.81. The van der Waals surface area contributed by atoms with Gasteiger partial charge in [-0.05, 0) is 62.9 Å². The third kappa shape index (κ3) is 1.98. The van der Waals surface area contributed by atoms with Crippen molar-refractivity contribution in [2.75, 3.05) is 6.54 Å². The molecular formula is C13H18BrN. The van der Waals surface area contributed by atoms with Gasteiger partial charge >= 0.3 is 0 Å². The van der Waals surface area contributed by atoms with Crippen molar-refractivity contribution in [1.82, 2.24) is 5.32 Å². The average molecular weight is 268 g/mol. The van der Waals surface area contributed by atoms with Gasteiger partial charge in [-0.25, -0.2) is 0 Å². The Kier molecular flexibility index (Phi) is 2.91. The van der Waals surface area contributed by atoms with Gasteiger partial charge < -0.3 is 5.32 Å². The summed E-state index contributed by atoms with van der Waals surface area (Å²) >= 11 is 3.64. The topological polar surface area (TPSA) is 12.0 Å². The summed E-state index contributed by atoms with van der Waals surface area (Å²) in [5.41, 5.74) is 4.33. The Morgan fingerprint density at radius 3 is 2.67 bits per heavy atom. The molecule has 1 aliphatic rings. The number of aryl methyl sites for hydroxylation is 1. The molecule has 0 aromatic heterocycles. The molecule has 1 atom stereocenters.